The minimum atomic E-state index is 0.693. The van der Waals surface area contributed by atoms with E-state index in [4.69, 9.17) is 0 Å². The van der Waals surface area contributed by atoms with Gasteiger partial charge in [0.2, 0.25) is 11.5 Å². The van der Waals surface area contributed by atoms with Crippen LogP contribution in [-0.2, 0) is 6.42 Å². The summed E-state index contributed by atoms with van der Waals surface area (Å²) in [7, 11) is 0. The van der Waals surface area contributed by atoms with Crippen molar-refractivity contribution in [3.63, 3.8) is 0 Å². The smallest absolute Gasteiger partial charge is 0.213 e. The van der Waals surface area contributed by atoms with Crippen molar-refractivity contribution in [2.45, 2.75) is 13.3 Å². The standard InChI is InChI=1S/C7H9N5OS/c1-5-10-11-7(14-5)8-3-2-6-9-4-13-12-6/h4H,2-3H2,1H3,(H,8,11). The highest BCUT2D eigenvalue weighted by molar-refractivity contribution is 7.15. The molecule has 74 valence electrons. The summed E-state index contributed by atoms with van der Waals surface area (Å²) in [5.74, 6) is 0.693. The lowest BCUT2D eigenvalue weighted by Crippen LogP contribution is -2.05. The van der Waals surface area contributed by atoms with Crippen LogP contribution in [0.25, 0.3) is 0 Å². The van der Waals surface area contributed by atoms with Gasteiger partial charge < -0.3 is 9.84 Å². The zero-order chi connectivity index (χ0) is 9.80. The van der Waals surface area contributed by atoms with Crippen molar-refractivity contribution in [1.29, 1.82) is 0 Å². The number of nitrogens with zero attached hydrogens (tertiary/aromatic N) is 4. The first-order chi connectivity index (χ1) is 6.84. The van der Waals surface area contributed by atoms with E-state index in [0.717, 1.165) is 23.1 Å². The van der Waals surface area contributed by atoms with E-state index in [1.807, 2.05) is 6.92 Å². The molecule has 0 aliphatic carbocycles. The predicted octanol–water partition coefficient (Wildman–Crippen LogP) is 0.884. The molecular formula is C7H9N5OS. The Morgan fingerprint density at radius 2 is 2.43 bits per heavy atom. The van der Waals surface area contributed by atoms with Crippen molar-refractivity contribution < 1.29 is 4.52 Å². The Kier molecular flexibility index (Phi) is 2.68. The number of hydrogen-bond donors (Lipinski definition) is 1. The lowest BCUT2D eigenvalue weighted by atomic mass is 10.4. The van der Waals surface area contributed by atoms with E-state index in [2.05, 4.69) is 30.2 Å². The largest absolute Gasteiger partial charge is 0.360 e. The number of nitrogens with one attached hydrogen (secondary N) is 1. The summed E-state index contributed by atoms with van der Waals surface area (Å²) in [4.78, 5) is 3.90. The zero-order valence-electron chi connectivity index (χ0n) is 7.60. The van der Waals surface area contributed by atoms with Gasteiger partial charge in [-0.2, -0.15) is 4.98 Å². The molecule has 2 aromatic rings. The molecule has 0 aliphatic heterocycles. The summed E-state index contributed by atoms with van der Waals surface area (Å²) in [6.07, 6.45) is 2.04. The highest BCUT2D eigenvalue weighted by atomic mass is 32.1. The van der Waals surface area contributed by atoms with Gasteiger partial charge >= 0.3 is 0 Å². The lowest BCUT2D eigenvalue weighted by Gasteiger charge is -1.96. The van der Waals surface area contributed by atoms with Crippen molar-refractivity contribution in [3.8, 4) is 0 Å². The summed E-state index contributed by atoms with van der Waals surface area (Å²) in [6, 6.07) is 0. The molecule has 6 nitrogen and oxygen atoms in total. The minimum Gasteiger partial charge on any atom is -0.360 e. The van der Waals surface area contributed by atoms with E-state index in [-0.39, 0.29) is 0 Å². The molecular weight excluding hydrogens is 202 g/mol. The maximum atomic E-state index is 4.61. The quantitative estimate of drug-likeness (QED) is 0.809. The maximum absolute atomic E-state index is 4.61. The van der Waals surface area contributed by atoms with Crippen molar-refractivity contribution in [3.05, 3.63) is 17.2 Å². The Balaban J connectivity index is 1.78. The van der Waals surface area contributed by atoms with E-state index in [1.54, 1.807) is 0 Å². The molecule has 0 bridgehead atoms. The van der Waals surface area contributed by atoms with Crippen LogP contribution in [0.4, 0.5) is 5.13 Å². The first-order valence-electron chi connectivity index (χ1n) is 4.14. The summed E-state index contributed by atoms with van der Waals surface area (Å²) in [5.41, 5.74) is 0. The van der Waals surface area contributed by atoms with E-state index in [1.165, 1.54) is 17.7 Å². The Morgan fingerprint density at radius 3 is 3.07 bits per heavy atom. The predicted molar refractivity (Wildman–Crippen MR) is 51.1 cm³/mol. The van der Waals surface area contributed by atoms with E-state index < -0.39 is 0 Å². The molecule has 14 heavy (non-hydrogen) atoms. The second-order valence-corrected chi connectivity index (χ2v) is 3.83. The Labute approximate surface area is 84.4 Å². The van der Waals surface area contributed by atoms with Crippen LogP contribution in [0.2, 0.25) is 0 Å². The Hall–Kier alpha value is -1.50. The van der Waals surface area contributed by atoms with Gasteiger partial charge in [-0.25, -0.2) is 0 Å². The summed E-state index contributed by atoms with van der Waals surface area (Å²) in [6.45, 7) is 2.65. The second kappa shape index (κ2) is 4.14. The molecule has 0 unspecified atom stereocenters. The molecule has 0 aromatic carbocycles. The monoisotopic (exact) mass is 211 g/mol. The molecule has 2 aromatic heterocycles. The molecule has 0 spiro atoms. The maximum Gasteiger partial charge on any atom is 0.213 e. The van der Waals surface area contributed by atoms with Gasteiger partial charge in [-0.3, -0.25) is 0 Å². The van der Waals surface area contributed by atoms with E-state index in [9.17, 15) is 0 Å². The average Bonchev–Trinajstić information content (AvgIpc) is 2.77. The number of anilines is 1. The second-order valence-electron chi connectivity index (χ2n) is 2.65. The fraction of sp³-hybridized carbons (Fsp3) is 0.429. The van der Waals surface area contributed by atoms with Crippen LogP contribution in [0, 0.1) is 6.92 Å². The normalized spacial score (nSPS) is 10.4. The third-order valence-corrected chi connectivity index (χ3v) is 2.35. The van der Waals surface area contributed by atoms with Gasteiger partial charge in [0.05, 0.1) is 0 Å². The van der Waals surface area contributed by atoms with Crippen molar-refractivity contribution >= 4 is 16.5 Å². The number of aromatic nitrogens is 4. The fourth-order valence-corrected chi connectivity index (χ4v) is 1.57. The first kappa shape index (κ1) is 9.07. The average molecular weight is 211 g/mol. The molecule has 0 atom stereocenters. The molecule has 0 radical (unpaired) electrons. The van der Waals surface area contributed by atoms with Crippen molar-refractivity contribution in [1.82, 2.24) is 20.3 Å². The lowest BCUT2D eigenvalue weighted by molar-refractivity contribution is 0.410. The zero-order valence-corrected chi connectivity index (χ0v) is 8.41. The molecule has 0 amide bonds. The number of hydrogen-bond acceptors (Lipinski definition) is 7. The van der Waals surface area contributed by atoms with Crippen LogP contribution in [0.1, 0.15) is 10.8 Å². The van der Waals surface area contributed by atoms with Crippen LogP contribution in [0.3, 0.4) is 0 Å². The van der Waals surface area contributed by atoms with Crippen molar-refractivity contribution in [2.75, 3.05) is 11.9 Å². The molecule has 0 saturated heterocycles. The van der Waals surface area contributed by atoms with E-state index >= 15 is 0 Å². The minimum absolute atomic E-state index is 0.693. The highest BCUT2D eigenvalue weighted by Gasteiger charge is 2.01. The number of aryl methyl sites for hydroxylation is 1. The van der Waals surface area contributed by atoms with Crippen LogP contribution < -0.4 is 5.32 Å². The molecule has 2 heterocycles. The first-order valence-corrected chi connectivity index (χ1v) is 4.95. The highest BCUT2D eigenvalue weighted by Crippen LogP contribution is 2.12. The van der Waals surface area contributed by atoms with Crippen LogP contribution in [0.5, 0.6) is 0 Å². The molecule has 2 rings (SSSR count). The molecule has 0 fully saturated rings. The van der Waals surface area contributed by atoms with Crippen LogP contribution >= 0.6 is 11.3 Å². The number of rotatable bonds is 4. The topological polar surface area (TPSA) is 76.7 Å². The molecule has 0 aliphatic rings. The molecule has 7 heteroatoms. The summed E-state index contributed by atoms with van der Waals surface area (Å²) >= 11 is 1.53. The molecule has 0 saturated carbocycles. The van der Waals surface area contributed by atoms with E-state index in [0.29, 0.717) is 5.82 Å². The third-order valence-electron chi connectivity index (χ3n) is 1.56. The van der Waals surface area contributed by atoms with Crippen LogP contribution in [-0.4, -0.2) is 26.9 Å². The van der Waals surface area contributed by atoms with Crippen LogP contribution in [0.15, 0.2) is 10.9 Å². The van der Waals surface area contributed by atoms with Crippen molar-refractivity contribution in [2.24, 2.45) is 0 Å². The van der Waals surface area contributed by atoms with Gasteiger partial charge in [0.1, 0.15) is 5.01 Å². The molecule has 1 N–H and O–H groups in total. The van der Waals surface area contributed by atoms with Gasteiger partial charge in [-0.1, -0.05) is 16.5 Å². The fourth-order valence-electron chi connectivity index (χ4n) is 0.952. The van der Waals surface area contributed by atoms with Gasteiger partial charge in [-0.15, -0.1) is 10.2 Å². The van der Waals surface area contributed by atoms with Gasteiger partial charge in [0.15, 0.2) is 5.82 Å². The summed E-state index contributed by atoms with van der Waals surface area (Å²) in [5, 5.41) is 16.4. The SMILES string of the molecule is Cc1nnc(NCCc2ncon2)s1. The third kappa shape index (κ3) is 2.25. The van der Waals surface area contributed by atoms with Gasteiger partial charge in [0, 0.05) is 13.0 Å². The van der Waals surface area contributed by atoms with Gasteiger partial charge in [0.25, 0.3) is 0 Å². The van der Waals surface area contributed by atoms with Gasteiger partial charge in [-0.05, 0) is 6.92 Å². The summed E-state index contributed by atoms with van der Waals surface area (Å²) < 4.78 is 4.61. The Morgan fingerprint density at radius 1 is 1.50 bits per heavy atom. The Bertz CT molecular complexity index is 384.